The molecule has 0 aliphatic carbocycles. The van der Waals surface area contributed by atoms with Crippen molar-refractivity contribution in [3.05, 3.63) is 29.6 Å². The molecule has 2 nitrogen and oxygen atoms in total. The van der Waals surface area contributed by atoms with E-state index in [1.165, 1.54) is 0 Å². The molecule has 0 saturated carbocycles. The molecule has 13 heavy (non-hydrogen) atoms. The summed E-state index contributed by atoms with van der Waals surface area (Å²) in [5.74, 6) is 2.70. The number of rotatable bonds is 3. The van der Waals surface area contributed by atoms with Crippen LogP contribution in [0.15, 0.2) is 18.5 Å². The normalized spacial score (nSPS) is 12.1. The highest BCUT2D eigenvalue weighted by Gasteiger charge is 2.05. The first kappa shape index (κ1) is 9.76. The fourth-order valence-electron chi connectivity index (χ4n) is 1.21. The van der Waals surface area contributed by atoms with Crippen LogP contribution in [0.1, 0.15) is 24.1 Å². The van der Waals surface area contributed by atoms with Crippen molar-refractivity contribution in [3.8, 4) is 12.3 Å². The molecule has 0 aliphatic heterocycles. The lowest BCUT2D eigenvalue weighted by Gasteiger charge is -2.11. The van der Waals surface area contributed by atoms with Gasteiger partial charge in [-0.25, -0.2) is 0 Å². The maximum atomic E-state index is 5.40. The Balaban J connectivity index is 2.86. The lowest BCUT2D eigenvalue weighted by molar-refractivity contribution is 0.662. The summed E-state index contributed by atoms with van der Waals surface area (Å²) in [6.45, 7) is 4.91. The summed E-state index contributed by atoms with van der Waals surface area (Å²) in [7, 11) is 0. The molecule has 0 aliphatic rings. The zero-order valence-corrected chi connectivity index (χ0v) is 8.04. The Morgan fingerprint density at radius 3 is 2.92 bits per heavy atom. The van der Waals surface area contributed by atoms with E-state index in [1.807, 2.05) is 20.0 Å². The predicted octanol–water partition coefficient (Wildman–Crippen LogP) is 1.67. The Bertz CT molecular complexity index is 312. The summed E-state index contributed by atoms with van der Waals surface area (Å²) >= 11 is 0. The van der Waals surface area contributed by atoms with Crippen LogP contribution in [0, 0.1) is 19.3 Å². The molecule has 0 amide bonds. The molecule has 0 fully saturated rings. The average molecular weight is 174 g/mol. The highest BCUT2D eigenvalue weighted by atomic mass is 14.9. The van der Waals surface area contributed by atoms with Gasteiger partial charge in [-0.05, 0) is 24.6 Å². The third kappa shape index (κ3) is 2.57. The number of nitrogens with one attached hydrogen (secondary N) is 1. The van der Waals surface area contributed by atoms with Gasteiger partial charge in [0.15, 0.2) is 0 Å². The number of nitrogens with zero attached hydrogens (tertiary/aromatic N) is 1. The summed E-state index contributed by atoms with van der Waals surface area (Å²) in [6.07, 6.45) is 9.03. The molecule has 0 spiro atoms. The minimum absolute atomic E-state index is 0.0163. The van der Waals surface area contributed by atoms with E-state index in [9.17, 15) is 0 Å². The molecular formula is C11H14N2. The molecule has 1 atom stereocenters. The van der Waals surface area contributed by atoms with E-state index in [2.05, 4.69) is 22.3 Å². The van der Waals surface area contributed by atoms with Crippen molar-refractivity contribution in [3.63, 3.8) is 0 Å². The zero-order valence-electron chi connectivity index (χ0n) is 8.04. The summed E-state index contributed by atoms with van der Waals surface area (Å²) in [4.78, 5) is 4.10. The van der Waals surface area contributed by atoms with Crippen LogP contribution in [0.2, 0.25) is 0 Å². The average Bonchev–Trinajstić information content (AvgIpc) is 2.14. The minimum Gasteiger partial charge on any atom is -0.300 e. The molecule has 1 rings (SSSR count). The van der Waals surface area contributed by atoms with Crippen molar-refractivity contribution in [2.24, 2.45) is 0 Å². The van der Waals surface area contributed by atoms with Crippen molar-refractivity contribution in [1.82, 2.24) is 10.3 Å². The van der Waals surface area contributed by atoms with Crippen molar-refractivity contribution in [1.29, 1.82) is 0 Å². The van der Waals surface area contributed by atoms with Crippen molar-refractivity contribution < 1.29 is 0 Å². The van der Waals surface area contributed by atoms with E-state index in [-0.39, 0.29) is 6.04 Å². The number of aryl methyl sites for hydroxylation is 1. The lowest BCUT2D eigenvalue weighted by Crippen LogP contribution is -2.19. The van der Waals surface area contributed by atoms with Gasteiger partial charge in [-0.1, -0.05) is 18.9 Å². The lowest BCUT2D eigenvalue weighted by atomic mass is 10.1. The number of pyridine rings is 1. The molecular weight excluding hydrogens is 160 g/mol. The maximum absolute atomic E-state index is 5.40. The summed E-state index contributed by atoms with van der Waals surface area (Å²) < 4.78 is 0. The zero-order chi connectivity index (χ0) is 9.68. The Hall–Kier alpha value is -1.33. The van der Waals surface area contributed by atoms with Gasteiger partial charge in [0, 0.05) is 12.4 Å². The van der Waals surface area contributed by atoms with Gasteiger partial charge in [0.1, 0.15) is 0 Å². The van der Waals surface area contributed by atoms with Crippen molar-refractivity contribution in [2.45, 2.75) is 19.9 Å². The van der Waals surface area contributed by atoms with Crippen LogP contribution in [0.4, 0.5) is 0 Å². The van der Waals surface area contributed by atoms with Gasteiger partial charge in [0.25, 0.3) is 0 Å². The first-order chi connectivity index (χ1) is 6.27. The highest BCUT2D eigenvalue weighted by Crippen LogP contribution is 2.11. The van der Waals surface area contributed by atoms with Crippen LogP contribution in [0.3, 0.4) is 0 Å². The van der Waals surface area contributed by atoms with Crippen LogP contribution in [-0.4, -0.2) is 11.5 Å². The SMILES string of the molecule is C#CC(NCC)c1cncc(C)c1. The van der Waals surface area contributed by atoms with Gasteiger partial charge < -0.3 is 5.32 Å². The number of aromatic nitrogens is 1. The number of hydrogen-bond donors (Lipinski definition) is 1. The fraction of sp³-hybridized carbons (Fsp3) is 0.364. The summed E-state index contributed by atoms with van der Waals surface area (Å²) in [6, 6.07) is 2.04. The van der Waals surface area contributed by atoms with E-state index >= 15 is 0 Å². The quantitative estimate of drug-likeness (QED) is 0.705. The van der Waals surface area contributed by atoms with Crippen LogP contribution in [0.5, 0.6) is 0 Å². The van der Waals surface area contributed by atoms with E-state index in [0.29, 0.717) is 0 Å². The van der Waals surface area contributed by atoms with Gasteiger partial charge in [-0.15, -0.1) is 6.42 Å². The molecule has 1 N–H and O–H groups in total. The molecule has 2 heteroatoms. The molecule has 1 heterocycles. The molecule has 68 valence electrons. The summed E-state index contributed by atoms with van der Waals surface area (Å²) in [5.41, 5.74) is 2.19. The Morgan fingerprint density at radius 1 is 1.62 bits per heavy atom. The Labute approximate surface area is 79.4 Å². The van der Waals surface area contributed by atoms with Crippen molar-refractivity contribution in [2.75, 3.05) is 6.54 Å². The Kier molecular flexibility index (Phi) is 3.48. The monoisotopic (exact) mass is 174 g/mol. The first-order valence-electron chi connectivity index (χ1n) is 4.39. The topological polar surface area (TPSA) is 24.9 Å². The molecule has 0 bridgehead atoms. The standard InChI is InChI=1S/C11H14N2/c1-4-11(13-5-2)10-6-9(3)7-12-8-10/h1,6-8,11,13H,5H2,2-3H3. The fourth-order valence-corrected chi connectivity index (χ4v) is 1.21. The largest absolute Gasteiger partial charge is 0.300 e. The molecule has 1 aromatic heterocycles. The number of terminal acetylenes is 1. The second-order valence-electron chi connectivity index (χ2n) is 2.95. The van der Waals surface area contributed by atoms with Gasteiger partial charge in [0.05, 0.1) is 6.04 Å². The molecule has 0 saturated heterocycles. The van der Waals surface area contributed by atoms with Crippen molar-refractivity contribution >= 4 is 0 Å². The number of hydrogen-bond acceptors (Lipinski definition) is 2. The first-order valence-corrected chi connectivity index (χ1v) is 4.39. The van der Waals surface area contributed by atoms with Gasteiger partial charge >= 0.3 is 0 Å². The molecule has 1 aromatic rings. The third-order valence-electron chi connectivity index (χ3n) is 1.80. The summed E-state index contributed by atoms with van der Waals surface area (Å²) in [5, 5.41) is 3.20. The minimum atomic E-state index is -0.0163. The molecule has 1 unspecified atom stereocenters. The highest BCUT2D eigenvalue weighted by molar-refractivity contribution is 5.25. The maximum Gasteiger partial charge on any atom is 0.0958 e. The molecule has 0 aromatic carbocycles. The van der Waals surface area contributed by atoms with E-state index < -0.39 is 0 Å². The Morgan fingerprint density at radius 2 is 2.38 bits per heavy atom. The van der Waals surface area contributed by atoms with Crippen LogP contribution in [0.25, 0.3) is 0 Å². The second-order valence-corrected chi connectivity index (χ2v) is 2.95. The van der Waals surface area contributed by atoms with Crippen LogP contribution < -0.4 is 5.32 Å². The van der Waals surface area contributed by atoms with E-state index in [1.54, 1.807) is 6.20 Å². The predicted molar refractivity (Wildman–Crippen MR) is 54.2 cm³/mol. The second kappa shape index (κ2) is 4.64. The van der Waals surface area contributed by atoms with Crippen LogP contribution in [-0.2, 0) is 0 Å². The van der Waals surface area contributed by atoms with Gasteiger partial charge in [-0.2, -0.15) is 0 Å². The van der Waals surface area contributed by atoms with Gasteiger partial charge in [-0.3, -0.25) is 4.98 Å². The smallest absolute Gasteiger partial charge is 0.0958 e. The van der Waals surface area contributed by atoms with Gasteiger partial charge in [0.2, 0.25) is 0 Å². The van der Waals surface area contributed by atoms with E-state index in [0.717, 1.165) is 17.7 Å². The van der Waals surface area contributed by atoms with E-state index in [4.69, 9.17) is 6.42 Å². The third-order valence-corrected chi connectivity index (χ3v) is 1.80. The van der Waals surface area contributed by atoms with Crippen LogP contribution >= 0.6 is 0 Å². The molecule has 0 radical (unpaired) electrons.